The van der Waals surface area contributed by atoms with Gasteiger partial charge in [0.1, 0.15) is 0 Å². The summed E-state index contributed by atoms with van der Waals surface area (Å²) in [6, 6.07) is 0. The summed E-state index contributed by atoms with van der Waals surface area (Å²) in [6.07, 6.45) is 0. The molecule has 3 heteroatoms. The van der Waals surface area contributed by atoms with Gasteiger partial charge in [0, 0.05) is 0 Å². The van der Waals surface area contributed by atoms with Gasteiger partial charge in [-0.15, -0.1) is 0 Å². The normalized spacial score (nSPS) is 15.8. The number of alkyl halides is 1. The Morgan fingerprint density at radius 3 is 2.00 bits per heavy atom. The molecule has 0 bridgehead atoms. The maximum atomic E-state index is 10.3. The fraction of sp³-hybridized carbons (Fsp3) is 1.00. The third-order valence-corrected chi connectivity index (χ3v) is 0. The van der Waals surface area contributed by atoms with Crippen LogP contribution in [0.25, 0.3) is 0 Å². The van der Waals surface area contributed by atoms with E-state index in [9.17, 15) is 4.39 Å². The number of aliphatic hydroxyl groups is 1. The molecule has 0 heterocycles. The van der Waals surface area contributed by atoms with E-state index in [1.54, 1.807) is 0 Å². The van der Waals surface area contributed by atoms with E-state index in [2.05, 4.69) is 5.73 Å². The molecule has 0 fully saturated rings. The van der Waals surface area contributed by atoms with E-state index in [0.717, 1.165) is 0 Å². The second-order valence-electron chi connectivity index (χ2n) is 0.373. The number of hydrogen-bond acceptors (Lipinski definition) is 2. The van der Waals surface area contributed by atoms with Crippen LogP contribution < -0.4 is 5.73 Å². The highest BCUT2D eigenvalue weighted by molar-refractivity contribution is 3.98. The lowest BCUT2D eigenvalue weighted by molar-refractivity contribution is 0.0489. The van der Waals surface area contributed by atoms with Gasteiger partial charge in [0.2, 0.25) is 0 Å². The van der Waals surface area contributed by atoms with Crippen molar-refractivity contribution >= 4 is 0 Å². The van der Waals surface area contributed by atoms with Crippen LogP contribution in [0.15, 0.2) is 0 Å². The Morgan fingerprint density at radius 1 is 2.00 bits per heavy atom. The van der Waals surface area contributed by atoms with Crippen LogP contribution in [0.4, 0.5) is 4.39 Å². The van der Waals surface area contributed by atoms with Gasteiger partial charge in [-0.2, -0.15) is 4.39 Å². The summed E-state index contributed by atoms with van der Waals surface area (Å²) >= 11 is 0. The monoisotopic (exact) mass is 65.0 g/mol. The summed E-state index contributed by atoms with van der Waals surface area (Å²) in [6.45, 7) is -2.17. The van der Waals surface area contributed by atoms with Crippen molar-refractivity contribution in [1.29, 1.82) is 0 Å². The first-order chi connectivity index (χ1) is 1.73. The van der Waals surface area contributed by atoms with Crippen LogP contribution in [-0.2, 0) is 0 Å². The van der Waals surface area contributed by atoms with Gasteiger partial charge >= 0.3 is 0 Å². The Hall–Kier alpha value is -0.150. The molecule has 0 spiro atoms. The van der Waals surface area contributed by atoms with Crippen molar-refractivity contribution in [3.63, 3.8) is 0 Å². The zero-order chi connectivity index (χ0) is 3.58. The van der Waals surface area contributed by atoms with Crippen LogP contribution in [-0.4, -0.2) is 11.6 Å². The molecule has 4 heavy (non-hydrogen) atoms. The molecule has 0 radical (unpaired) electrons. The molecule has 0 aromatic carbocycles. The molecule has 0 aliphatic heterocycles. The van der Waals surface area contributed by atoms with Crippen molar-refractivity contribution in [3.05, 3.63) is 0 Å². The molecule has 0 aromatic rings. The first-order valence-electron chi connectivity index (χ1n) is 0.810. The maximum Gasteiger partial charge on any atom is 0.250 e. The second-order valence-corrected chi connectivity index (χ2v) is 0.373. The summed E-state index contributed by atoms with van der Waals surface area (Å²) in [5.74, 6) is 0. The first-order valence-corrected chi connectivity index (χ1v) is 0.810. The summed E-state index contributed by atoms with van der Waals surface area (Å²) in [7, 11) is 0. The van der Waals surface area contributed by atoms with E-state index in [4.69, 9.17) is 5.11 Å². The molecule has 1 atom stereocenters. The predicted molar refractivity (Wildman–Crippen MR) is 11.3 cm³/mol. The summed E-state index contributed by atoms with van der Waals surface area (Å²) in [4.78, 5) is 0. The van der Waals surface area contributed by atoms with Crippen molar-refractivity contribution in [2.45, 2.75) is 6.48 Å². The van der Waals surface area contributed by atoms with E-state index in [1.807, 2.05) is 0 Å². The van der Waals surface area contributed by atoms with E-state index < -0.39 is 6.48 Å². The molecule has 0 saturated heterocycles. The summed E-state index contributed by atoms with van der Waals surface area (Å²) < 4.78 is 10.3. The average molecular weight is 65.0 g/mol. The molecule has 26 valence electrons. The van der Waals surface area contributed by atoms with E-state index in [-0.39, 0.29) is 0 Å². The number of aliphatic hydroxyl groups excluding tert-OH is 1. The molecular weight excluding hydrogens is 61.0 g/mol. The van der Waals surface area contributed by atoms with E-state index >= 15 is 0 Å². The topological polar surface area (TPSA) is 46.2 Å². The molecule has 2 nitrogen and oxygen atoms in total. The van der Waals surface area contributed by atoms with Crippen molar-refractivity contribution < 1.29 is 9.50 Å². The minimum atomic E-state index is -2.17. The Labute approximate surface area is 23.0 Å². The molecule has 0 unspecified atom stereocenters. The molecule has 0 amide bonds. The largest absolute Gasteiger partial charge is 0.352 e. The Bertz CT molecular complexity index is 12.8. The second kappa shape index (κ2) is 1.20. The van der Waals surface area contributed by atoms with Crippen molar-refractivity contribution in [2.24, 2.45) is 5.73 Å². The van der Waals surface area contributed by atoms with Gasteiger partial charge in [-0.1, -0.05) is 0 Å². The molecule has 0 saturated carbocycles. The smallest absolute Gasteiger partial charge is 0.250 e. The van der Waals surface area contributed by atoms with E-state index in [1.165, 1.54) is 0 Å². The molecule has 0 aliphatic carbocycles. The van der Waals surface area contributed by atoms with Crippen LogP contribution in [0.5, 0.6) is 0 Å². The van der Waals surface area contributed by atoms with Gasteiger partial charge in [-0.05, 0) is 0 Å². The van der Waals surface area contributed by atoms with Crippen LogP contribution >= 0.6 is 0 Å². The predicted octanol–water partition coefficient (Wildman–Crippen LogP) is -0.810. The fourth-order valence-electron chi connectivity index (χ4n) is 0. The van der Waals surface area contributed by atoms with Crippen LogP contribution in [0.3, 0.4) is 0 Å². The van der Waals surface area contributed by atoms with Gasteiger partial charge in [0.25, 0.3) is 6.48 Å². The lowest BCUT2D eigenvalue weighted by Gasteiger charge is -1.77. The highest BCUT2D eigenvalue weighted by Crippen LogP contribution is 1.58. The SMILES string of the molecule is N[C@H](O)F. The lowest BCUT2D eigenvalue weighted by Crippen LogP contribution is -2.09. The van der Waals surface area contributed by atoms with Crippen LogP contribution in [0, 0.1) is 0 Å². The Kier molecular flexibility index (Phi) is 1.16. The standard InChI is InChI=1S/CH4FNO/c2-1(3)4/h1,4H,3H2/t1-/m1/s1. The third-order valence-electron chi connectivity index (χ3n) is 0. The molecule has 0 rings (SSSR count). The lowest BCUT2D eigenvalue weighted by atomic mass is 11.3. The first kappa shape index (κ1) is 3.85. The minimum Gasteiger partial charge on any atom is -0.352 e. The minimum absolute atomic E-state index is 2.17. The highest BCUT2D eigenvalue weighted by atomic mass is 19.1. The molecular formula is CH4FNO. The Morgan fingerprint density at radius 2 is 2.00 bits per heavy atom. The average Bonchev–Trinajstić information content (AvgIpc) is 0.811. The maximum absolute atomic E-state index is 10.3. The molecule has 0 aromatic heterocycles. The van der Waals surface area contributed by atoms with Gasteiger partial charge < -0.3 is 5.11 Å². The van der Waals surface area contributed by atoms with Crippen LogP contribution in [0.2, 0.25) is 0 Å². The summed E-state index contributed by atoms with van der Waals surface area (Å²) in [5, 5.41) is 7.17. The number of hydrogen-bond donors (Lipinski definition) is 2. The van der Waals surface area contributed by atoms with Crippen molar-refractivity contribution in [1.82, 2.24) is 0 Å². The van der Waals surface area contributed by atoms with Crippen molar-refractivity contribution in [2.75, 3.05) is 0 Å². The van der Waals surface area contributed by atoms with Crippen molar-refractivity contribution in [3.8, 4) is 0 Å². The Balaban J connectivity index is 2.32. The van der Waals surface area contributed by atoms with Gasteiger partial charge in [-0.25, -0.2) is 0 Å². The highest BCUT2D eigenvalue weighted by Gasteiger charge is 1.74. The van der Waals surface area contributed by atoms with Crippen LogP contribution in [0.1, 0.15) is 0 Å². The summed E-state index contributed by atoms with van der Waals surface area (Å²) in [5.41, 5.74) is 4.00. The van der Waals surface area contributed by atoms with E-state index in [0.29, 0.717) is 0 Å². The fourth-order valence-corrected chi connectivity index (χ4v) is 0. The molecule has 3 N–H and O–H groups in total. The molecule has 0 aliphatic rings. The quantitative estimate of drug-likeness (QED) is 0.286. The van der Waals surface area contributed by atoms with Gasteiger partial charge in [0.05, 0.1) is 0 Å². The number of halogens is 1. The van der Waals surface area contributed by atoms with Gasteiger partial charge in [0.15, 0.2) is 0 Å². The zero-order valence-corrected chi connectivity index (χ0v) is 1.98. The number of nitrogens with two attached hydrogens (primary N) is 1. The zero-order valence-electron chi connectivity index (χ0n) is 1.98. The van der Waals surface area contributed by atoms with Gasteiger partial charge in [-0.3, -0.25) is 5.73 Å². The third kappa shape index (κ3) is 59.4. The number of rotatable bonds is 0.